The molecule has 1 N–H and O–H groups in total. The van der Waals surface area contributed by atoms with Crippen molar-refractivity contribution in [3.63, 3.8) is 0 Å². The third-order valence-corrected chi connectivity index (χ3v) is 7.26. The molecule has 1 heterocycles. The first-order valence-electron chi connectivity index (χ1n) is 9.98. The summed E-state index contributed by atoms with van der Waals surface area (Å²) in [5.74, 6) is -0.396. The summed E-state index contributed by atoms with van der Waals surface area (Å²) in [4.78, 5) is 12.7. The molecule has 1 aromatic heterocycles. The third kappa shape index (κ3) is 3.60. The summed E-state index contributed by atoms with van der Waals surface area (Å²) < 4.78 is 39.8. The van der Waals surface area contributed by atoms with Crippen LogP contribution in [0.2, 0.25) is 0 Å². The molecule has 30 heavy (non-hydrogen) atoms. The standard InChI is InChI=1S/C22H24FN3O3S/c1-4-20(30(3,28)29)17-12-19-18(11-16(17)13-5-6-13)21(22(27)24-2)26(25-19)15-9-7-14(23)8-10-15/h7-13,20H,4-6H2,1-3H3,(H,24,27)/t20-/m1/s1. The van der Waals surface area contributed by atoms with Gasteiger partial charge in [0.05, 0.1) is 16.5 Å². The second-order valence-electron chi connectivity index (χ2n) is 7.81. The fourth-order valence-corrected chi connectivity index (χ4v) is 5.32. The Hall–Kier alpha value is -2.74. The molecule has 4 rings (SSSR count). The highest BCUT2D eigenvalue weighted by Crippen LogP contribution is 2.46. The number of amides is 1. The topological polar surface area (TPSA) is 81.1 Å². The largest absolute Gasteiger partial charge is 0.354 e. The number of nitrogens with one attached hydrogen (secondary N) is 1. The minimum Gasteiger partial charge on any atom is -0.354 e. The van der Waals surface area contributed by atoms with Crippen molar-refractivity contribution in [1.29, 1.82) is 0 Å². The van der Waals surface area contributed by atoms with Crippen LogP contribution in [0, 0.1) is 5.82 Å². The molecule has 6 nitrogen and oxygen atoms in total. The minimum absolute atomic E-state index is 0.298. The number of fused-ring (bicyclic) bond motifs is 1. The Bertz CT molecular complexity index is 1230. The molecule has 0 unspecified atom stereocenters. The molecule has 0 bridgehead atoms. The van der Waals surface area contributed by atoms with Crippen LogP contribution in [0.4, 0.5) is 4.39 Å². The van der Waals surface area contributed by atoms with Crippen molar-refractivity contribution in [3.8, 4) is 5.69 Å². The highest BCUT2D eigenvalue weighted by atomic mass is 32.2. The zero-order valence-electron chi connectivity index (χ0n) is 17.1. The lowest BCUT2D eigenvalue weighted by atomic mass is 9.96. The number of aromatic nitrogens is 2. The fraction of sp³-hybridized carbons (Fsp3) is 0.364. The van der Waals surface area contributed by atoms with Crippen LogP contribution in [-0.4, -0.2) is 37.4 Å². The Balaban J connectivity index is 2.01. The number of sulfone groups is 1. The van der Waals surface area contributed by atoms with E-state index in [-0.39, 0.29) is 11.7 Å². The third-order valence-electron chi connectivity index (χ3n) is 5.64. The molecule has 0 spiro atoms. The van der Waals surface area contributed by atoms with E-state index in [4.69, 9.17) is 0 Å². The summed E-state index contributed by atoms with van der Waals surface area (Å²) in [7, 11) is -1.76. The molecule has 1 atom stereocenters. The van der Waals surface area contributed by atoms with Crippen molar-refractivity contribution in [2.45, 2.75) is 37.4 Å². The average Bonchev–Trinajstić information content (AvgIpc) is 3.47. The molecular weight excluding hydrogens is 405 g/mol. The van der Waals surface area contributed by atoms with Gasteiger partial charge < -0.3 is 5.32 Å². The van der Waals surface area contributed by atoms with Crippen molar-refractivity contribution in [3.05, 3.63) is 59.0 Å². The van der Waals surface area contributed by atoms with E-state index in [0.717, 1.165) is 24.0 Å². The molecule has 1 amide bonds. The molecule has 0 aliphatic heterocycles. The number of nitrogens with zero attached hydrogens (tertiary/aromatic N) is 2. The van der Waals surface area contributed by atoms with Gasteiger partial charge in [0.2, 0.25) is 0 Å². The van der Waals surface area contributed by atoms with Crippen LogP contribution >= 0.6 is 0 Å². The Morgan fingerprint density at radius 1 is 1.27 bits per heavy atom. The van der Waals surface area contributed by atoms with Crippen molar-refractivity contribution >= 4 is 26.6 Å². The lowest BCUT2D eigenvalue weighted by Gasteiger charge is -2.18. The van der Waals surface area contributed by atoms with E-state index in [9.17, 15) is 17.6 Å². The van der Waals surface area contributed by atoms with Gasteiger partial charge in [0.1, 0.15) is 11.5 Å². The molecule has 158 valence electrons. The Kier molecular flexibility index (Phi) is 5.13. The molecule has 1 aliphatic rings. The van der Waals surface area contributed by atoms with Gasteiger partial charge in [-0.1, -0.05) is 6.92 Å². The van der Waals surface area contributed by atoms with E-state index in [1.54, 1.807) is 19.2 Å². The SMILES string of the molecule is CC[C@H](c1cc2nn(-c3ccc(F)cc3)c(C(=O)NC)c2cc1C1CC1)S(C)(=O)=O. The predicted octanol–water partition coefficient (Wildman–Crippen LogP) is 3.90. The van der Waals surface area contributed by atoms with Crippen LogP contribution in [-0.2, 0) is 9.84 Å². The van der Waals surface area contributed by atoms with Gasteiger partial charge in [-0.15, -0.1) is 0 Å². The van der Waals surface area contributed by atoms with Crippen molar-refractivity contribution in [2.75, 3.05) is 13.3 Å². The second kappa shape index (κ2) is 7.50. The maximum atomic E-state index is 13.4. The van der Waals surface area contributed by atoms with Gasteiger partial charge in [0.15, 0.2) is 9.84 Å². The summed E-state index contributed by atoms with van der Waals surface area (Å²) in [5, 5.41) is 7.29. The summed E-state index contributed by atoms with van der Waals surface area (Å²) >= 11 is 0. The molecule has 0 saturated heterocycles. The molecule has 1 aliphatic carbocycles. The second-order valence-corrected chi connectivity index (χ2v) is 10.0. The van der Waals surface area contributed by atoms with Gasteiger partial charge in [-0.2, -0.15) is 5.10 Å². The van der Waals surface area contributed by atoms with E-state index in [0.29, 0.717) is 34.6 Å². The van der Waals surface area contributed by atoms with Gasteiger partial charge in [-0.05, 0) is 72.7 Å². The van der Waals surface area contributed by atoms with Crippen LogP contribution in [0.15, 0.2) is 36.4 Å². The maximum absolute atomic E-state index is 13.4. The molecule has 1 fully saturated rings. The van der Waals surface area contributed by atoms with Crippen LogP contribution in [0.25, 0.3) is 16.6 Å². The van der Waals surface area contributed by atoms with Crippen LogP contribution in [0.5, 0.6) is 0 Å². The van der Waals surface area contributed by atoms with Gasteiger partial charge in [-0.3, -0.25) is 4.79 Å². The Morgan fingerprint density at radius 3 is 2.47 bits per heavy atom. The first-order valence-corrected chi connectivity index (χ1v) is 11.9. The molecular formula is C22H24FN3O3S. The van der Waals surface area contributed by atoms with Crippen LogP contribution in [0.3, 0.4) is 0 Å². The number of benzene rings is 2. The van der Waals surface area contributed by atoms with Crippen molar-refractivity contribution in [1.82, 2.24) is 15.1 Å². The van der Waals surface area contributed by atoms with Gasteiger partial charge in [-0.25, -0.2) is 17.5 Å². The minimum atomic E-state index is -3.30. The van der Waals surface area contributed by atoms with E-state index in [1.807, 2.05) is 19.1 Å². The molecule has 0 radical (unpaired) electrons. The molecule has 8 heteroatoms. The average molecular weight is 430 g/mol. The number of carbonyl (C=O) groups is 1. The summed E-state index contributed by atoms with van der Waals surface area (Å²) in [6.45, 7) is 1.86. The van der Waals surface area contributed by atoms with Crippen LogP contribution in [0.1, 0.15) is 59.0 Å². The summed E-state index contributed by atoms with van der Waals surface area (Å²) in [5.41, 5.74) is 3.18. The number of hydrogen-bond donors (Lipinski definition) is 1. The number of halogens is 1. The van der Waals surface area contributed by atoms with E-state index in [2.05, 4.69) is 10.4 Å². The van der Waals surface area contributed by atoms with E-state index < -0.39 is 15.1 Å². The van der Waals surface area contributed by atoms with Crippen molar-refractivity contribution < 1.29 is 17.6 Å². The maximum Gasteiger partial charge on any atom is 0.270 e. The Labute approximate surface area is 175 Å². The number of rotatable bonds is 6. The van der Waals surface area contributed by atoms with E-state index >= 15 is 0 Å². The first-order chi connectivity index (χ1) is 14.2. The highest BCUT2D eigenvalue weighted by molar-refractivity contribution is 7.90. The number of carbonyl (C=O) groups excluding carboxylic acids is 1. The Morgan fingerprint density at radius 2 is 1.93 bits per heavy atom. The fourth-order valence-electron chi connectivity index (χ4n) is 4.05. The lowest BCUT2D eigenvalue weighted by Crippen LogP contribution is -2.22. The highest BCUT2D eigenvalue weighted by Gasteiger charge is 2.33. The normalized spacial score (nSPS) is 15.3. The predicted molar refractivity (Wildman–Crippen MR) is 114 cm³/mol. The van der Waals surface area contributed by atoms with Gasteiger partial charge >= 0.3 is 0 Å². The number of hydrogen-bond acceptors (Lipinski definition) is 4. The zero-order valence-corrected chi connectivity index (χ0v) is 18.0. The van der Waals surface area contributed by atoms with Gasteiger partial charge in [0, 0.05) is 18.7 Å². The zero-order chi connectivity index (χ0) is 21.6. The van der Waals surface area contributed by atoms with Crippen molar-refractivity contribution in [2.24, 2.45) is 0 Å². The molecule has 2 aromatic carbocycles. The van der Waals surface area contributed by atoms with Gasteiger partial charge in [0.25, 0.3) is 5.91 Å². The smallest absolute Gasteiger partial charge is 0.270 e. The summed E-state index contributed by atoms with van der Waals surface area (Å²) in [6.07, 6.45) is 3.72. The molecule has 3 aromatic rings. The van der Waals surface area contributed by atoms with E-state index in [1.165, 1.54) is 23.1 Å². The molecule has 1 saturated carbocycles. The lowest BCUT2D eigenvalue weighted by molar-refractivity contribution is 0.0957. The van der Waals surface area contributed by atoms with Crippen LogP contribution < -0.4 is 5.32 Å². The summed E-state index contributed by atoms with van der Waals surface area (Å²) in [6, 6.07) is 9.47. The monoisotopic (exact) mass is 429 g/mol. The quantitative estimate of drug-likeness (QED) is 0.644. The first kappa shape index (κ1) is 20.5.